The van der Waals surface area contributed by atoms with E-state index in [2.05, 4.69) is 15.1 Å². The summed E-state index contributed by atoms with van der Waals surface area (Å²) in [6.07, 6.45) is 3.77. The normalized spacial score (nSPS) is 22.1. The molecule has 1 aromatic rings. The van der Waals surface area contributed by atoms with Gasteiger partial charge >= 0.3 is 5.97 Å². The quantitative estimate of drug-likeness (QED) is 0.749. The highest BCUT2D eigenvalue weighted by Crippen LogP contribution is 2.39. The third kappa shape index (κ3) is 2.43. The average Bonchev–Trinajstić information content (AvgIpc) is 3.18. The van der Waals surface area contributed by atoms with E-state index in [1.807, 2.05) is 11.5 Å². The van der Waals surface area contributed by atoms with E-state index in [9.17, 15) is 4.79 Å². The minimum atomic E-state index is -0.877. The van der Waals surface area contributed by atoms with Crippen molar-refractivity contribution >= 4 is 5.97 Å². The Balaban J connectivity index is 1.70. The number of nitrogens with two attached hydrogens (primary N) is 1. The van der Waals surface area contributed by atoms with Gasteiger partial charge in [-0.1, -0.05) is 0 Å². The van der Waals surface area contributed by atoms with Gasteiger partial charge in [0.1, 0.15) is 17.7 Å². The molecule has 0 saturated heterocycles. The van der Waals surface area contributed by atoms with Crippen molar-refractivity contribution in [1.82, 2.24) is 19.7 Å². The molecular formula is C13H21N5O2. The highest BCUT2D eigenvalue weighted by atomic mass is 16.5. The fourth-order valence-corrected chi connectivity index (χ4v) is 2.85. The molecule has 1 aromatic heterocycles. The number of hydrogen-bond acceptors (Lipinski definition) is 6. The number of ether oxygens (including phenoxy) is 1. The summed E-state index contributed by atoms with van der Waals surface area (Å²) in [5.74, 6) is 0.911. The van der Waals surface area contributed by atoms with Crippen LogP contribution in [0.25, 0.3) is 0 Å². The second-order valence-electron chi connectivity index (χ2n) is 5.69. The molecule has 7 heteroatoms. The van der Waals surface area contributed by atoms with Crippen LogP contribution in [0.4, 0.5) is 0 Å². The first-order valence-electron chi connectivity index (χ1n) is 7.18. The Labute approximate surface area is 118 Å². The van der Waals surface area contributed by atoms with E-state index < -0.39 is 5.54 Å². The van der Waals surface area contributed by atoms with E-state index in [0.29, 0.717) is 19.7 Å². The molecule has 7 nitrogen and oxygen atoms in total. The first kappa shape index (κ1) is 13.5. The molecule has 3 rings (SSSR count). The van der Waals surface area contributed by atoms with Crippen LogP contribution >= 0.6 is 0 Å². The van der Waals surface area contributed by atoms with Crippen LogP contribution in [0.3, 0.4) is 0 Å². The van der Waals surface area contributed by atoms with Gasteiger partial charge in [-0.25, -0.2) is 4.79 Å². The highest BCUT2D eigenvalue weighted by Gasteiger charge is 2.50. The maximum absolute atomic E-state index is 12.2. The fourth-order valence-electron chi connectivity index (χ4n) is 2.85. The third-order valence-electron chi connectivity index (χ3n) is 4.16. The molecule has 1 aliphatic heterocycles. The fraction of sp³-hybridized carbons (Fsp3) is 0.769. The molecule has 1 saturated carbocycles. The minimum absolute atomic E-state index is 0.251. The standard InChI is InChI=1S/C13H21N5O2/c1-2-20-12(19)13(14,10-3-4-10)8-17-5-6-18-9-15-16-11(18)7-17/h9-10H,2-8,14H2,1H3. The predicted octanol–water partition coefficient (Wildman–Crippen LogP) is -0.236. The van der Waals surface area contributed by atoms with Gasteiger partial charge in [0.05, 0.1) is 13.2 Å². The van der Waals surface area contributed by atoms with Crippen LogP contribution in [0.2, 0.25) is 0 Å². The first-order chi connectivity index (χ1) is 9.63. The second-order valence-corrected chi connectivity index (χ2v) is 5.69. The second kappa shape index (κ2) is 5.14. The smallest absolute Gasteiger partial charge is 0.327 e. The molecule has 0 aromatic carbocycles. The maximum atomic E-state index is 12.2. The van der Waals surface area contributed by atoms with E-state index >= 15 is 0 Å². The molecule has 2 heterocycles. The van der Waals surface area contributed by atoms with Crippen molar-refractivity contribution < 1.29 is 9.53 Å². The SMILES string of the molecule is CCOC(=O)C(N)(CN1CCn2cnnc2C1)C1CC1. The molecular weight excluding hydrogens is 258 g/mol. The number of carbonyl (C=O) groups is 1. The van der Waals surface area contributed by atoms with Gasteiger partial charge in [-0.2, -0.15) is 0 Å². The number of esters is 1. The van der Waals surface area contributed by atoms with Crippen LogP contribution < -0.4 is 5.73 Å². The molecule has 1 unspecified atom stereocenters. The summed E-state index contributed by atoms with van der Waals surface area (Å²) in [7, 11) is 0. The number of carbonyl (C=O) groups excluding carboxylic acids is 1. The average molecular weight is 279 g/mol. The third-order valence-corrected chi connectivity index (χ3v) is 4.16. The molecule has 1 aliphatic carbocycles. The van der Waals surface area contributed by atoms with Crippen molar-refractivity contribution in [3.8, 4) is 0 Å². The summed E-state index contributed by atoms with van der Waals surface area (Å²) in [4.78, 5) is 14.4. The van der Waals surface area contributed by atoms with Gasteiger partial charge in [0.2, 0.25) is 0 Å². The molecule has 0 radical (unpaired) electrons. The number of hydrogen-bond donors (Lipinski definition) is 1. The number of nitrogens with zero attached hydrogens (tertiary/aromatic N) is 4. The Kier molecular flexibility index (Phi) is 3.47. The summed E-state index contributed by atoms with van der Waals surface area (Å²) in [6.45, 7) is 5.10. The van der Waals surface area contributed by atoms with Gasteiger partial charge < -0.3 is 15.0 Å². The van der Waals surface area contributed by atoms with E-state index in [1.165, 1.54) is 0 Å². The van der Waals surface area contributed by atoms with Gasteiger partial charge in [0.15, 0.2) is 0 Å². The zero-order valence-electron chi connectivity index (χ0n) is 11.8. The molecule has 2 N–H and O–H groups in total. The van der Waals surface area contributed by atoms with Crippen LogP contribution in [0.1, 0.15) is 25.6 Å². The van der Waals surface area contributed by atoms with Crippen molar-refractivity contribution in [3.63, 3.8) is 0 Å². The van der Waals surface area contributed by atoms with Gasteiger partial charge in [0.25, 0.3) is 0 Å². The predicted molar refractivity (Wildman–Crippen MR) is 71.6 cm³/mol. The zero-order chi connectivity index (χ0) is 14.2. The van der Waals surface area contributed by atoms with Crippen molar-refractivity contribution in [2.75, 3.05) is 19.7 Å². The Bertz CT molecular complexity index is 499. The van der Waals surface area contributed by atoms with Crippen LogP contribution in [-0.4, -0.2) is 50.9 Å². The molecule has 1 fully saturated rings. The van der Waals surface area contributed by atoms with E-state index in [1.54, 1.807) is 6.33 Å². The van der Waals surface area contributed by atoms with E-state index in [-0.39, 0.29) is 11.9 Å². The van der Waals surface area contributed by atoms with Gasteiger partial charge in [-0.3, -0.25) is 4.90 Å². The summed E-state index contributed by atoms with van der Waals surface area (Å²) in [5, 5.41) is 8.00. The lowest BCUT2D eigenvalue weighted by Gasteiger charge is -2.35. The monoisotopic (exact) mass is 279 g/mol. The Hall–Kier alpha value is -1.47. The summed E-state index contributed by atoms with van der Waals surface area (Å²) < 4.78 is 7.22. The maximum Gasteiger partial charge on any atom is 0.327 e. The largest absolute Gasteiger partial charge is 0.465 e. The number of rotatable bonds is 5. The lowest BCUT2D eigenvalue weighted by Crippen LogP contribution is -2.59. The zero-order valence-corrected chi connectivity index (χ0v) is 11.8. The molecule has 0 bridgehead atoms. The van der Waals surface area contributed by atoms with Crippen LogP contribution in [0.5, 0.6) is 0 Å². The van der Waals surface area contributed by atoms with Crippen molar-refractivity contribution in [2.45, 2.75) is 38.4 Å². The van der Waals surface area contributed by atoms with Crippen molar-refractivity contribution in [3.05, 3.63) is 12.2 Å². The van der Waals surface area contributed by atoms with Gasteiger partial charge in [0, 0.05) is 19.6 Å². The molecule has 1 atom stereocenters. The topological polar surface area (TPSA) is 86.3 Å². The Morgan fingerprint density at radius 3 is 3.05 bits per heavy atom. The Morgan fingerprint density at radius 2 is 2.35 bits per heavy atom. The van der Waals surface area contributed by atoms with E-state index in [4.69, 9.17) is 10.5 Å². The minimum Gasteiger partial charge on any atom is -0.465 e. The lowest BCUT2D eigenvalue weighted by molar-refractivity contribution is -0.151. The van der Waals surface area contributed by atoms with Crippen molar-refractivity contribution in [2.24, 2.45) is 11.7 Å². The van der Waals surface area contributed by atoms with E-state index in [0.717, 1.165) is 31.8 Å². The van der Waals surface area contributed by atoms with Gasteiger partial charge in [-0.05, 0) is 25.7 Å². The highest BCUT2D eigenvalue weighted by molar-refractivity contribution is 5.82. The molecule has 0 spiro atoms. The van der Waals surface area contributed by atoms with Crippen LogP contribution in [0.15, 0.2) is 6.33 Å². The molecule has 110 valence electrons. The Morgan fingerprint density at radius 1 is 1.55 bits per heavy atom. The summed E-state index contributed by atoms with van der Waals surface area (Å²) in [6, 6.07) is 0. The summed E-state index contributed by atoms with van der Waals surface area (Å²) >= 11 is 0. The number of fused-ring (bicyclic) bond motifs is 1. The molecule has 20 heavy (non-hydrogen) atoms. The van der Waals surface area contributed by atoms with Crippen LogP contribution in [0, 0.1) is 5.92 Å². The molecule has 2 aliphatic rings. The van der Waals surface area contributed by atoms with Crippen LogP contribution in [-0.2, 0) is 22.6 Å². The van der Waals surface area contributed by atoms with Gasteiger partial charge in [-0.15, -0.1) is 10.2 Å². The van der Waals surface area contributed by atoms with Crippen molar-refractivity contribution in [1.29, 1.82) is 0 Å². The summed E-state index contributed by atoms with van der Waals surface area (Å²) in [5.41, 5.74) is 5.52. The first-order valence-corrected chi connectivity index (χ1v) is 7.18. The number of aromatic nitrogens is 3. The molecule has 0 amide bonds. The lowest BCUT2D eigenvalue weighted by atomic mass is 9.93.